The van der Waals surface area contributed by atoms with Gasteiger partial charge in [0.1, 0.15) is 5.58 Å². The molecule has 1 N–H and O–H groups in total. The lowest BCUT2D eigenvalue weighted by Crippen LogP contribution is -2.31. The summed E-state index contributed by atoms with van der Waals surface area (Å²) in [5.74, 6) is 0.642. The van der Waals surface area contributed by atoms with Gasteiger partial charge in [-0.3, -0.25) is 9.59 Å². The molecule has 1 aliphatic heterocycles. The molecule has 1 aromatic heterocycles. The molecule has 24 heavy (non-hydrogen) atoms. The van der Waals surface area contributed by atoms with Gasteiger partial charge in [-0.25, -0.2) is 0 Å². The van der Waals surface area contributed by atoms with E-state index >= 15 is 0 Å². The number of hydrogen-bond donors (Lipinski definition) is 1. The maximum Gasteiger partial charge on any atom is 0.287 e. The predicted octanol–water partition coefficient (Wildman–Crippen LogP) is 3.76. The van der Waals surface area contributed by atoms with E-state index in [2.05, 4.69) is 11.4 Å². The summed E-state index contributed by atoms with van der Waals surface area (Å²) in [5.41, 5.74) is 1.33. The quantitative estimate of drug-likeness (QED) is 0.773. The molecule has 5 heteroatoms. The molecule has 2 heterocycles. The number of carbonyl (C=O) groups excluding carboxylic acids is 1. The average Bonchev–Trinajstić information content (AvgIpc) is 2.62. The second-order valence-corrected chi connectivity index (χ2v) is 6.81. The van der Waals surface area contributed by atoms with E-state index in [0.717, 1.165) is 17.7 Å². The van der Waals surface area contributed by atoms with Crippen LogP contribution in [0.2, 0.25) is 0 Å². The van der Waals surface area contributed by atoms with Crippen molar-refractivity contribution in [1.29, 1.82) is 0 Å². The Hall–Kier alpha value is -2.53. The Morgan fingerprint density at radius 1 is 1.12 bits per heavy atom. The van der Waals surface area contributed by atoms with E-state index in [1.165, 1.54) is 11.0 Å². The monoisotopic (exact) mass is 337 g/mol. The van der Waals surface area contributed by atoms with Gasteiger partial charge in [0.05, 0.1) is 11.4 Å². The molecule has 0 aliphatic carbocycles. The maximum absolute atomic E-state index is 12.6. The van der Waals surface area contributed by atoms with Crippen LogP contribution in [0.25, 0.3) is 11.0 Å². The van der Waals surface area contributed by atoms with Crippen LogP contribution in [0.4, 0.5) is 0 Å². The van der Waals surface area contributed by atoms with Crippen molar-refractivity contribution in [3.8, 4) is 0 Å². The number of nitrogens with one attached hydrogen (secondary N) is 1. The molecule has 0 fully saturated rings. The van der Waals surface area contributed by atoms with Gasteiger partial charge in [0.25, 0.3) is 5.91 Å². The summed E-state index contributed by atoms with van der Waals surface area (Å²) in [5, 5.41) is 3.48. The van der Waals surface area contributed by atoms with Crippen LogP contribution in [0.5, 0.6) is 0 Å². The molecule has 1 aliphatic rings. The molecule has 4 rings (SSSR count). The minimum absolute atomic E-state index is 0.0504. The summed E-state index contributed by atoms with van der Waals surface area (Å²) in [6.07, 6.45) is 0.852. The van der Waals surface area contributed by atoms with Gasteiger partial charge in [0.15, 0.2) is 11.2 Å². The van der Waals surface area contributed by atoms with E-state index in [9.17, 15) is 9.59 Å². The van der Waals surface area contributed by atoms with Gasteiger partial charge in [-0.1, -0.05) is 30.3 Å². The van der Waals surface area contributed by atoms with Crippen molar-refractivity contribution in [2.75, 3.05) is 5.75 Å². The lowest BCUT2D eigenvalue weighted by molar-refractivity contribution is 0.0907. The third kappa shape index (κ3) is 2.71. The van der Waals surface area contributed by atoms with Crippen LogP contribution < -0.4 is 10.7 Å². The van der Waals surface area contributed by atoms with Crippen molar-refractivity contribution < 1.29 is 9.21 Å². The zero-order valence-corrected chi connectivity index (χ0v) is 13.6. The van der Waals surface area contributed by atoms with Crippen LogP contribution in [0.1, 0.15) is 28.6 Å². The molecule has 0 bridgehead atoms. The molecule has 4 nitrogen and oxygen atoms in total. The summed E-state index contributed by atoms with van der Waals surface area (Å²) in [7, 11) is 0. The maximum atomic E-state index is 12.6. The smallest absolute Gasteiger partial charge is 0.287 e. The number of fused-ring (bicyclic) bond motifs is 2. The van der Waals surface area contributed by atoms with Crippen molar-refractivity contribution in [1.82, 2.24) is 5.32 Å². The molecule has 120 valence electrons. The largest absolute Gasteiger partial charge is 0.451 e. The SMILES string of the molecule is O=C(N[C@@H]1CCSc2ccccc21)c1cc(=O)c2ccccc2o1. The number of amides is 1. The molecule has 0 unspecified atom stereocenters. The van der Waals surface area contributed by atoms with Gasteiger partial charge in [0, 0.05) is 16.7 Å². The van der Waals surface area contributed by atoms with E-state index in [0.29, 0.717) is 11.0 Å². The topological polar surface area (TPSA) is 59.3 Å². The lowest BCUT2D eigenvalue weighted by Gasteiger charge is -2.25. The van der Waals surface area contributed by atoms with Crippen LogP contribution in [-0.2, 0) is 0 Å². The van der Waals surface area contributed by atoms with Crippen LogP contribution in [0.3, 0.4) is 0 Å². The summed E-state index contributed by atoms with van der Waals surface area (Å²) >= 11 is 1.79. The van der Waals surface area contributed by atoms with Gasteiger partial charge in [-0.2, -0.15) is 0 Å². The third-order valence-corrected chi connectivity index (χ3v) is 5.24. The molecule has 0 radical (unpaired) electrons. The lowest BCUT2D eigenvalue weighted by atomic mass is 10.0. The van der Waals surface area contributed by atoms with Gasteiger partial charge >= 0.3 is 0 Å². The highest BCUT2D eigenvalue weighted by Gasteiger charge is 2.23. The third-order valence-electron chi connectivity index (χ3n) is 4.12. The number of para-hydroxylation sites is 1. The molecule has 1 atom stereocenters. The molecule has 2 aromatic carbocycles. The molecular formula is C19H15NO3S. The first-order chi connectivity index (χ1) is 11.7. The average molecular weight is 337 g/mol. The number of carbonyl (C=O) groups is 1. The fraction of sp³-hybridized carbons (Fsp3) is 0.158. The van der Waals surface area contributed by atoms with E-state index in [-0.39, 0.29) is 23.1 Å². The van der Waals surface area contributed by atoms with Crippen LogP contribution in [-0.4, -0.2) is 11.7 Å². The van der Waals surface area contributed by atoms with E-state index in [4.69, 9.17) is 4.42 Å². The number of hydrogen-bond acceptors (Lipinski definition) is 4. The fourth-order valence-corrected chi connectivity index (χ4v) is 4.06. The Labute approximate surface area is 142 Å². The summed E-state index contributed by atoms with van der Waals surface area (Å²) in [6, 6.07) is 16.2. The molecular weight excluding hydrogens is 322 g/mol. The second-order valence-electron chi connectivity index (χ2n) is 5.67. The first-order valence-corrected chi connectivity index (χ1v) is 8.76. The zero-order chi connectivity index (χ0) is 16.5. The van der Waals surface area contributed by atoms with Gasteiger partial charge < -0.3 is 9.73 Å². The van der Waals surface area contributed by atoms with E-state index in [1.54, 1.807) is 36.0 Å². The zero-order valence-electron chi connectivity index (χ0n) is 12.8. The molecule has 3 aromatic rings. The minimum atomic E-state index is -0.357. The highest BCUT2D eigenvalue weighted by molar-refractivity contribution is 7.99. The number of rotatable bonds is 2. The van der Waals surface area contributed by atoms with Gasteiger partial charge in [-0.05, 0) is 30.2 Å². The van der Waals surface area contributed by atoms with E-state index in [1.807, 2.05) is 18.2 Å². The van der Waals surface area contributed by atoms with Crippen LogP contribution in [0, 0.1) is 0 Å². The first kappa shape index (κ1) is 15.0. The van der Waals surface area contributed by atoms with Crippen molar-refractivity contribution in [3.63, 3.8) is 0 Å². The fourth-order valence-electron chi connectivity index (χ4n) is 2.94. The minimum Gasteiger partial charge on any atom is -0.451 e. The summed E-state index contributed by atoms with van der Waals surface area (Å²) < 4.78 is 5.62. The Bertz CT molecular complexity index is 980. The standard InChI is InChI=1S/C19H15NO3S/c21-15-11-17(23-16-7-3-1-6-13(15)16)19(22)20-14-9-10-24-18-8-4-2-5-12(14)18/h1-8,11,14H,9-10H2,(H,20,22)/t14-/m1/s1. The van der Waals surface area contributed by atoms with Gasteiger partial charge in [-0.15, -0.1) is 11.8 Å². The number of benzene rings is 2. The highest BCUT2D eigenvalue weighted by atomic mass is 32.2. The Morgan fingerprint density at radius 3 is 2.83 bits per heavy atom. The normalized spacial score (nSPS) is 16.6. The van der Waals surface area contributed by atoms with E-state index < -0.39 is 0 Å². The number of thioether (sulfide) groups is 1. The molecule has 0 spiro atoms. The summed E-state index contributed by atoms with van der Waals surface area (Å²) in [6.45, 7) is 0. The highest BCUT2D eigenvalue weighted by Crippen LogP contribution is 2.35. The Morgan fingerprint density at radius 2 is 1.92 bits per heavy atom. The molecule has 1 amide bonds. The van der Waals surface area contributed by atoms with Crippen molar-refractivity contribution in [3.05, 3.63) is 76.1 Å². The van der Waals surface area contributed by atoms with Crippen molar-refractivity contribution >= 4 is 28.6 Å². The van der Waals surface area contributed by atoms with Crippen molar-refractivity contribution in [2.24, 2.45) is 0 Å². The van der Waals surface area contributed by atoms with Crippen LogP contribution >= 0.6 is 11.8 Å². The Balaban J connectivity index is 1.65. The Kier molecular flexibility index (Phi) is 3.86. The molecule has 0 saturated heterocycles. The second kappa shape index (κ2) is 6.17. The van der Waals surface area contributed by atoms with Crippen molar-refractivity contribution in [2.45, 2.75) is 17.4 Å². The summed E-state index contributed by atoms with van der Waals surface area (Å²) in [4.78, 5) is 25.9. The molecule has 0 saturated carbocycles. The van der Waals surface area contributed by atoms with Gasteiger partial charge in [0.2, 0.25) is 0 Å². The predicted molar refractivity (Wildman–Crippen MR) is 94.5 cm³/mol. The van der Waals surface area contributed by atoms with Crippen LogP contribution in [0.15, 0.2) is 68.7 Å². The first-order valence-electron chi connectivity index (χ1n) is 7.78.